The molecule has 0 saturated heterocycles. The first kappa shape index (κ1) is 22.2. The molecular formula is C23H26N6O2. The molecule has 0 radical (unpaired) electrons. The number of pyridine rings is 1. The van der Waals surface area contributed by atoms with Crippen molar-refractivity contribution in [1.82, 2.24) is 25.2 Å². The zero-order valence-electron chi connectivity index (χ0n) is 17.7. The summed E-state index contributed by atoms with van der Waals surface area (Å²) in [7, 11) is 0. The summed E-state index contributed by atoms with van der Waals surface area (Å²) in [5, 5.41) is 12.9. The summed E-state index contributed by atoms with van der Waals surface area (Å²) in [5.41, 5.74) is 8.92. The van der Waals surface area contributed by atoms with E-state index in [0.717, 1.165) is 18.7 Å². The van der Waals surface area contributed by atoms with Crippen molar-refractivity contribution in [2.45, 2.75) is 20.0 Å². The van der Waals surface area contributed by atoms with Crippen LogP contribution in [0.25, 0.3) is 11.0 Å². The summed E-state index contributed by atoms with van der Waals surface area (Å²) in [6.07, 6.45) is 4.12. The highest BCUT2D eigenvalue weighted by Gasteiger charge is 2.12. The van der Waals surface area contributed by atoms with Gasteiger partial charge >= 0.3 is 0 Å². The minimum Gasteiger partial charge on any atom is -0.390 e. The number of aromatic nitrogens is 3. The highest BCUT2D eigenvalue weighted by molar-refractivity contribution is 5.94. The summed E-state index contributed by atoms with van der Waals surface area (Å²) >= 11 is 0. The summed E-state index contributed by atoms with van der Waals surface area (Å²) < 4.78 is 0. The van der Waals surface area contributed by atoms with E-state index in [1.54, 1.807) is 42.9 Å². The van der Waals surface area contributed by atoms with Crippen LogP contribution < -0.4 is 11.1 Å². The van der Waals surface area contributed by atoms with Crippen LogP contribution in [0.2, 0.25) is 0 Å². The van der Waals surface area contributed by atoms with E-state index < -0.39 is 6.10 Å². The predicted octanol–water partition coefficient (Wildman–Crippen LogP) is 1.44. The van der Waals surface area contributed by atoms with Gasteiger partial charge in [0.2, 0.25) is 0 Å². The number of amides is 1. The summed E-state index contributed by atoms with van der Waals surface area (Å²) in [6, 6.07) is 6.91. The minimum atomic E-state index is -0.614. The highest BCUT2D eigenvalue weighted by atomic mass is 16.3. The van der Waals surface area contributed by atoms with Crippen molar-refractivity contribution in [3.05, 3.63) is 59.5 Å². The summed E-state index contributed by atoms with van der Waals surface area (Å²) in [4.78, 5) is 27.1. The van der Waals surface area contributed by atoms with Gasteiger partial charge in [0.1, 0.15) is 16.9 Å². The normalized spacial score (nSPS) is 11.7. The minimum absolute atomic E-state index is 0.200. The number of carbonyl (C=O) groups excluding carboxylic acids is 1. The molecule has 0 aliphatic heterocycles. The van der Waals surface area contributed by atoms with Crippen molar-refractivity contribution in [3.8, 4) is 11.8 Å². The number of fused-ring (bicyclic) bond motifs is 1. The molecule has 3 rings (SSSR count). The molecule has 0 aliphatic rings. The SMILES string of the molecule is CCN(CC)CC(O)CNC(=O)c1ccc(C#Cc2c(N)ncc3nccnc23)cc1. The molecule has 31 heavy (non-hydrogen) atoms. The molecule has 8 nitrogen and oxygen atoms in total. The van der Waals surface area contributed by atoms with Crippen LogP contribution in [0.1, 0.15) is 35.3 Å². The Morgan fingerprint density at radius 1 is 1.13 bits per heavy atom. The highest BCUT2D eigenvalue weighted by Crippen LogP contribution is 2.17. The third kappa shape index (κ3) is 5.75. The monoisotopic (exact) mass is 418 g/mol. The summed E-state index contributed by atoms with van der Waals surface area (Å²) in [6.45, 7) is 6.52. The van der Waals surface area contributed by atoms with Crippen molar-refractivity contribution in [2.24, 2.45) is 0 Å². The molecule has 0 saturated carbocycles. The van der Waals surface area contributed by atoms with Crippen LogP contribution in [-0.2, 0) is 0 Å². The lowest BCUT2D eigenvalue weighted by molar-refractivity contribution is 0.0869. The Hall–Kier alpha value is -3.54. The van der Waals surface area contributed by atoms with Gasteiger partial charge in [-0.25, -0.2) is 4.98 Å². The third-order valence-corrected chi connectivity index (χ3v) is 4.89. The van der Waals surface area contributed by atoms with Gasteiger partial charge < -0.3 is 21.1 Å². The molecule has 8 heteroatoms. The number of nitrogens with zero attached hydrogens (tertiary/aromatic N) is 4. The predicted molar refractivity (Wildman–Crippen MR) is 120 cm³/mol. The van der Waals surface area contributed by atoms with E-state index in [1.165, 1.54) is 0 Å². The Morgan fingerprint density at radius 3 is 2.55 bits per heavy atom. The topological polar surface area (TPSA) is 117 Å². The Labute approximate surface area is 181 Å². The second-order valence-electron chi connectivity index (χ2n) is 6.99. The Bertz CT molecular complexity index is 1100. The molecule has 0 spiro atoms. The number of anilines is 1. The number of nitrogens with one attached hydrogen (secondary N) is 1. The maximum absolute atomic E-state index is 12.3. The fourth-order valence-electron chi connectivity index (χ4n) is 3.07. The molecule has 1 unspecified atom stereocenters. The van der Waals surface area contributed by atoms with E-state index in [2.05, 4.69) is 37.0 Å². The van der Waals surface area contributed by atoms with Gasteiger partial charge in [-0.05, 0) is 37.4 Å². The molecule has 2 aromatic heterocycles. The van der Waals surface area contributed by atoms with Crippen molar-refractivity contribution >= 4 is 22.8 Å². The second-order valence-corrected chi connectivity index (χ2v) is 6.99. The van der Waals surface area contributed by atoms with E-state index in [9.17, 15) is 9.90 Å². The molecule has 0 bridgehead atoms. The van der Waals surface area contributed by atoms with Crippen LogP contribution >= 0.6 is 0 Å². The fourth-order valence-corrected chi connectivity index (χ4v) is 3.07. The van der Waals surface area contributed by atoms with Crippen LogP contribution in [0.5, 0.6) is 0 Å². The number of likely N-dealkylation sites (N-methyl/N-ethyl adjacent to an activating group) is 1. The quantitative estimate of drug-likeness (QED) is 0.497. The van der Waals surface area contributed by atoms with Crippen LogP contribution in [0.15, 0.2) is 42.9 Å². The molecule has 0 aliphatic carbocycles. The Morgan fingerprint density at radius 2 is 1.84 bits per heavy atom. The van der Waals surface area contributed by atoms with Crippen LogP contribution in [0.3, 0.4) is 0 Å². The van der Waals surface area contributed by atoms with Crippen molar-refractivity contribution < 1.29 is 9.90 Å². The lowest BCUT2D eigenvalue weighted by Crippen LogP contribution is -2.40. The summed E-state index contributed by atoms with van der Waals surface area (Å²) in [5.74, 6) is 6.09. The molecule has 1 atom stereocenters. The van der Waals surface area contributed by atoms with Crippen LogP contribution in [0.4, 0.5) is 5.82 Å². The zero-order chi connectivity index (χ0) is 22.2. The van der Waals surface area contributed by atoms with Crippen molar-refractivity contribution in [1.29, 1.82) is 0 Å². The number of aliphatic hydroxyl groups excluding tert-OH is 1. The third-order valence-electron chi connectivity index (χ3n) is 4.89. The largest absolute Gasteiger partial charge is 0.390 e. The van der Waals surface area contributed by atoms with Crippen LogP contribution in [-0.4, -0.2) is 63.1 Å². The number of hydrogen-bond acceptors (Lipinski definition) is 7. The average Bonchev–Trinajstić information content (AvgIpc) is 2.80. The number of carbonyl (C=O) groups is 1. The molecule has 160 valence electrons. The lowest BCUT2D eigenvalue weighted by atomic mass is 10.1. The van der Waals surface area contributed by atoms with Gasteiger partial charge in [0, 0.05) is 36.6 Å². The van der Waals surface area contributed by atoms with E-state index in [1.807, 2.05) is 13.8 Å². The van der Waals surface area contributed by atoms with Gasteiger partial charge in [-0.1, -0.05) is 25.7 Å². The van der Waals surface area contributed by atoms with Gasteiger partial charge in [-0.2, -0.15) is 0 Å². The van der Waals surface area contributed by atoms with Gasteiger partial charge in [0.25, 0.3) is 5.91 Å². The number of hydrogen-bond donors (Lipinski definition) is 3. The van der Waals surface area contributed by atoms with E-state index in [-0.39, 0.29) is 12.5 Å². The van der Waals surface area contributed by atoms with Crippen molar-refractivity contribution in [2.75, 3.05) is 31.9 Å². The molecule has 4 N–H and O–H groups in total. The van der Waals surface area contributed by atoms with E-state index in [0.29, 0.717) is 34.5 Å². The first-order valence-corrected chi connectivity index (χ1v) is 10.2. The Balaban J connectivity index is 1.65. The number of benzene rings is 1. The van der Waals surface area contributed by atoms with Crippen LogP contribution in [0, 0.1) is 11.8 Å². The maximum atomic E-state index is 12.3. The molecule has 3 aromatic rings. The van der Waals surface area contributed by atoms with E-state index >= 15 is 0 Å². The lowest BCUT2D eigenvalue weighted by Gasteiger charge is -2.22. The molecular weight excluding hydrogens is 392 g/mol. The fraction of sp³-hybridized carbons (Fsp3) is 0.304. The Kier molecular flexibility index (Phi) is 7.49. The molecule has 2 heterocycles. The first-order valence-electron chi connectivity index (χ1n) is 10.2. The van der Waals surface area contributed by atoms with E-state index in [4.69, 9.17) is 5.73 Å². The maximum Gasteiger partial charge on any atom is 0.251 e. The molecule has 0 fully saturated rings. The van der Waals surface area contributed by atoms with Crippen molar-refractivity contribution in [3.63, 3.8) is 0 Å². The standard InChI is InChI=1S/C23H26N6O2/c1-3-29(4-2)15-18(30)13-28-23(31)17-8-5-16(6-9-17)7-10-19-21-20(14-27-22(19)24)25-11-12-26-21/h5-6,8-9,11-12,14,18,30H,3-4,13,15H2,1-2H3,(H2,24,27)(H,28,31). The zero-order valence-corrected chi connectivity index (χ0v) is 17.7. The average molecular weight is 419 g/mol. The molecule has 1 amide bonds. The number of nitrogens with two attached hydrogens (primary N) is 1. The number of aliphatic hydroxyl groups is 1. The number of nitrogen functional groups attached to an aromatic ring is 1. The van der Waals surface area contributed by atoms with Gasteiger partial charge in [-0.3, -0.25) is 14.8 Å². The van der Waals surface area contributed by atoms with Gasteiger partial charge in [0.15, 0.2) is 0 Å². The smallest absolute Gasteiger partial charge is 0.251 e. The van der Waals surface area contributed by atoms with Gasteiger partial charge in [-0.15, -0.1) is 0 Å². The van der Waals surface area contributed by atoms with Gasteiger partial charge in [0.05, 0.1) is 17.9 Å². The molecule has 1 aromatic carbocycles. The first-order chi connectivity index (χ1) is 15.0. The second kappa shape index (κ2) is 10.5. The number of rotatable bonds is 7.